The minimum atomic E-state index is 0.541. The van der Waals surface area contributed by atoms with Crippen LogP contribution in [-0.2, 0) is 0 Å². The number of nitrogens with one attached hydrogen (secondary N) is 1. The van der Waals surface area contributed by atoms with Gasteiger partial charge >= 0.3 is 0 Å². The molecule has 204 valence electrons. The van der Waals surface area contributed by atoms with E-state index in [2.05, 4.69) is 137 Å². The lowest BCUT2D eigenvalue weighted by molar-refractivity contribution is 1.12. The molecule has 0 spiro atoms. The van der Waals surface area contributed by atoms with Crippen LogP contribution in [0.5, 0.6) is 0 Å². The highest BCUT2D eigenvalue weighted by Gasteiger charge is 2.22. The van der Waals surface area contributed by atoms with Crippen LogP contribution < -0.4 is 0 Å². The Morgan fingerprint density at radius 1 is 0.500 bits per heavy atom. The van der Waals surface area contributed by atoms with Gasteiger partial charge in [-0.3, -0.25) is 0 Å². The first-order valence-electron chi connectivity index (χ1n) is 14.7. The molecule has 0 fully saturated rings. The molecule has 44 heavy (non-hydrogen) atoms. The van der Waals surface area contributed by atoms with Crippen LogP contribution in [0.2, 0.25) is 0 Å². The molecule has 0 atom stereocenters. The number of aromatic nitrogens is 2. The number of benzene rings is 7. The highest BCUT2D eigenvalue weighted by Crippen LogP contribution is 2.41. The fourth-order valence-corrected chi connectivity index (χ4v) is 7.20. The van der Waals surface area contributed by atoms with Gasteiger partial charge in [-0.15, -0.1) is 0 Å². The van der Waals surface area contributed by atoms with Crippen LogP contribution in [0.4, 0.5) is 0 Å². The van der Waals surface area contributed by atoms with Gasteiger partial charge in [0.25, 0.3) is 0 Å². The summed E-state index contributed by atoms with van der Waals surface area (Å²) < 4.78 is 4.45. The molecule has 0 amide bonds. The van der Waals surface area contributed by atoms with Crippen LogP contribution in [-0.4, -0.2) is 15.3 Å². The van der Waals surface area contributed by atoms with Crippen molar-refractivity contribution in [2.75, 3.05) is 0 Å². The van der Waals surface area contributed by atoms with E-state index in [1.54, 1.807) is 0 Å². The molecule has 4 nitrogen and oxygen atoms in total. The third-order valence-electron chi connectivity index (χ3n) is 9.02. The Hall–Kier alpha value is -6.18. The molecule has 0 bridgehead atoms. The fraction of sp³-hybridized carbons (Fsp3) is 0. The van der Waals surface area contributed by atoms with Crippen LogP contribution >= 0.6 is 0 Å². The van der Waals surface area contributed by atoms with Crippen molar-refractivity contribution in [1.82, 2.24) is 9.13 Å². The van der Waals surface area contributed by atoms with Crippen molar-refractivity contribution in [3.63, 3.8) is 0 Å². The average molecular weight is 561 g/mol. The van der Waals surface area contributed by atoms with Crippen molar-refractivity contribution in [1.29, 1.82) is 10.7 Å². The second kappa shape index (κ2) is 9.16. The minimum Gasteiger partial charge on any atom is -0.308 e. The van der Waals surface area contributed by atoms with E-state index in [0.717, 1.165) is 49.8 Å². The van der Waals surface area contributed by atoms with Gasteiger partial charge in [0.05, 0.1) is 45.1 Å². The molecule has 0 unspecified atom stereocenters. The normalized spacial score (nSPS) is 11.7. The largest absolute Gasteiger partial charge is 0.308 e. The van der Waals surface area contributed by atoms with Gasteiger partial charge in [0.2, 0.25) is 0 Å². The van der Waals surface area contributed by atoms with E-state index >= 15 is 0 Å². The summed E-state index contributed by atoms with van der Waals surface area (Å²) in [5, 5.41) is 28.5. The molecule has 2 aromatic heterocycles. The summed E-state index contributed by atoms with van der Waals surface area (Å²) in [6.45, 7) is 0. The predicted octanol–water partition coefficient (Wildman–Crippen LogP) is 10.1. The lowest BCUT2D eigenvalue weighted by Gasteiger charge is -2.18. The van der Waals surface area contributed by atoms with Gasteiger partial charge in [0.15, 0.2) is 0 Å². The summed E-state index contributed by atoms with van der Waals surface area (Å²) in [6, 6.07) is 48.7. The monoisotopic (exact) mass is 560 g/mol. The van der Waals surface area contributed by atoms with Crippen molar-refractivity contribution in [3.05, 3.63) is 145 Å². The van der Waals surface area contributed by atoms with Crippen LogP contribution in [0.25, 0.3) is 76.5 Å². The Kier molecular flexibility index (Phi) is 5.08. The molecule has 0 saturated heterocycles. The molecular weight excluding hydrogens is 536 g/mol. The third kappa shape index (κ3) is 3.24. The van der Waals surface area contributed by atoms with Crippen molar-refractivity contribution >= 4 is 71.4 Å². The number of nitriles is 1. The van der Waals surface area contributed by atoms with Crippen LogP contribution in [0.3, 0.4) is 0 Å². The Balaban J connectivity index is 1.46. The zero-order valence-corrected chi connectivity index (χ0v) is 23.6. The Morgan fingerprint density at radius 2 is 0.932 bits per heavy atom. The number of nitrogens with zero attached hydrogens (tertiary/aromatic N) is 3. The van der Waals surface area contributed by atoms with E-state index in [0.29, 0.717) is 5.56 Å². The lowest BCUT2D eigenvalue weighted by Crippen LogP contribution is -2.07. The Bertz CT molecular complexity index is 2520. The molecule has 0 radical (unpaired) electrons. The Morgan fingerprint density at radius 3 is 1.39 bits per heavy atom. The molecule has 0 aliphatic rings. The van der Waals surface area contributed by atoms with Crippen molar-refractivity contribution < 1.29 is 0 Å². The van der Waals surface area contributed by atoms with E-state index < -0.39 is 0 Å². The predicted molar refractivity (Wildman–Crippen MR) is 183 cm³/mol. The second-order valence-corrected chi connectivity index (χ2v) is 11.3. The van der Waals surface area contributed by atoms with E-state index in [9.17, 15) is 5.26 Å². The molecule has 7 aromatic carbocycles. The van der Waals surface area contributed by atoms with Gasteiger partial charge in [0.1, 0.15) is 0 Å². The van der Waals surface area contributed by atoms with Gasteiger partial charge in [0, 0.05) is 33.3 Å². The summed E-state index contributed by atoms with van der Waals surface area (Å²) in [6.07, 6.45) is 1.44. The molecule has 0 aliphatic heterocycles. The number of hydrogen-bond acceptors (Lipinski definition) is 2. The van der Waals surface area contributed by atoms with Crippen molar-refractivity contribution in [2.45, 2.75) is 0 Å². The SMILES string of the molecule is N#Cc1cc(-n2c3ccccc3c3c4ccccc4ccc32)c(C=N)c(-n2c3ccccc3c3c4ccccc4ccc32)c1. The first-order valence-corrected chi connectivity index (χ1v) is 14.7. The lowest BCUT2D eigenvalue weighted by atomic mass is 10.0. The van der Waals surface area contributed by atoms with Gasteiger partial charge in [-0.25, -0.2) is 0 Å². The molecule has 0 aliphatic carbocycles. The molecule has 9 rings (SSSR count). The highest BCUT2D eigenvalue weighted by molar-refractivity contribution is 6.23. The maximum Gasteiger partial charge on any atom is 0.0993 e. The maximum atomic E-state index is 10.4. The molecular formula is C40H24N4. The maximum absolute atomic E-state index is 10.4. The first kappa shape index (κ1) is 24.4. The summed E-state index contributed by atoms with van der Waals surface area (Å²) in [7, 11) is 0. The molecule has 9 aromatic rings. The average Bonchev–Trinajstić information content (AvgIpc) is 3.61. The third-order valence-corrected chi connectivity index (χ3v) is 9.02. The summed E-state index contributed by atoms with van der Waals surface area (Å²) >= 11 is 0. The van der Waals surface area contributed by atoms with Crippen molar-refractivity contribution in [2.24, 2.45) is 0 Å². The molecule has 0 saturated carbocycles. The van der Waals surface area contributed by atoms with Crippen LogP contribution in [0.1, 0.15) is 11.1 Å². The van der Waals surface area contributed by atoms with E-state index in [1.165, 1.54) is 38.5 Å². The Labute approximate surface area is 252 Å². The first-order chi connectivity index (χ1) is 21.8. The number of para-hydroxylation sites is 2. The molecule has 4 heteroatoms. The van der Waals surface area contributed by atoms with Gasteiger partial charge in [-0.1, -0.05) is 97.1 Å². The van der Waals surface area contributed by atoms with E-state index in [4.69, 9.17) is 5.41 Å². The standard InChI is InChI=1S/C40H24N4/c41-23-25-21-37(43-33-15-7-5-13-30(33)39-28-11-3-1-9-26(28)17-19-35(39)43)32(24-42)38(22-25)44-34-16-8-6-14-31(34)40-29-12-4-2-10-27(29)18-20-36(40)44/h1-22,24,42H. The highest BCUT2D eigenvalue weighted by atomic mass is 15.0. The van der Waals surface area contributed by atoms with E-state index in [-0.39, 0.29) is 0 Å². The minimum absolute atomic E-state index is 0.541. The summed E-state index contributed by atoms with van der Waals surface area (Å²) in [5.74, 6) is 0. The topological polar surface area (TPSA) is 57.5 Å². The summed E-state index contributed by atoms with van der Waals surface area (Å²) in [5.41, 5.74) is 7.07. The summed E-state index contributed by atoms with van der Waals surface area (Å²) in [4.78, 5) is 0. The quantitative estimate of drug-likeness (QED) is 0.215. The number of rotatable bonds is 3. The van der Waals surface area contributed by atoms with Crippen molar-refractivity contribution in [3.8, 4) is 17.4 Å². The zero-order chi connectivity index (χ0) is 29.4. The second-order valence-electron chi connectivity index (χ2n) is 11.3. The zero-order valence-electron chi connectivity index (χ0n) is 23.6. The van der Waals surface area contributed by atoms with Gasteiger partial charge in [-0.2, -0.15) is 5.26 Å². The number of fused-ring (bicyclic) bond motifs is 10. The van der Waals surface area contributed by atoms with Gasteiger partial charge < -0.3 is 14.5 Å². The van der Waals surface area contributed by atoms with Crippen LogP contribution in [0, 0.1) is 16.7 Å². The van der Waals surface area contributed by atoms with Gasteiger partial charge in [-0.05, 0) is 57.9 Å². The smallest absolute Gasteiger partial charge is 0.0993 e. The fourth-order valence-electron chi connectivity index (χ4n) is 7.20. The molecule has 1 N–H and O–H groups in total. The van der Waals surface area contributed by atoms with Crippen LogP contribution in [0.15, 0.2) is 133 Å². The number of hydrogen-bond donors (Lipinski definition) is 1. The molecule has 2 heterocycles. The van der Waals surface area contributed by atoms with E-state index in [1.807, 2.05) is 12.1 Å².